The monoisotopic (exact) mass is 263 g/mol. The molecule has 1 fully saturated rings. The van der Waals surface area contributed by atoms with E-state index >= 15 is 0 Å². The van der Waals surface area contributed by atoms with Gasteiger partial charge in [0.25, 0.3) is 0 Å². The molecule has 0 amide bonds. The highest BCUT2D eigenvalue weighted by Crippen LogP contribution is 2.16. The van der Waals surface area contributed by atoms with Gasteiger partial charge in [0.05, 0.1) is 0 Å². The van der Waals surface area contributed by atoms with Crippen LogP contribution in [-0.2, 0) is 6.42 Å². The van der Waals surface area contributed by atoms with Gasteiger partial charge in [-0.05, 0) is 37.0 Å². The zero-order valence-electron chi connectivity index (χ0n) is 11.2. The standard InChI is InChI=1S/C15H22FN3/c16-13-8-6-12(7-9-13)10-11-18-15(17)19-14-4-2-1-3-5-14/h6-9,14H,1-5,10-11H2,(H3,17,18,19). The number of rotatable bonds is 4. The van der Waals surface area contributed by atoms with Gasteiger partial charge in [-0.3, -0.25) is 4.99 Å². The Kier molecular flexibility index (Phi) is 5.19. The van der Waals surface area contributed by atoms with E-state index in [-0.39, 0.29) is 5.82 Å². The molecule has 3 N–H and O–H groups in total. The number of nitrogens with two attached hydrogens (primary N) is 1. The normalized spacial score (nSPS) is 17.4. The van der Waals surface area contributed by atoms with E-state index in [0.717, 1.165) is 12.0 Å². The van der Waals surface area contributed by atoms with Crippen LogP contribution in [0.2, 0.25) is 0 Å². The first kappa shape index (κ1) is 13.8. The number of benzene rings is 1. The zero-order valence-corrected chi connectivity index (χ0v) is 11.2. The summed E-state index contributed by atoms with van der Waals surface area (Å²) in [5.74, 6) is 0.333. The molecule has 19 heavy (non-hydrogen) atoms. The van der Waals surface area contributed by atoms with E-state index in [1.54, 1.807) is 12.1 Å². The second kappa shape index (κ2) is 7.12. The summed E-state index contributed by atoms with van der Waals surface area (Å²) in [4.78, 5) is 4.33. The predicted molar refractivity (Wildman–Crippen MR) is 76.6 cm³/mol. The molecule has 4 heteroatoms. The third-order valence-electron chi connectivity index (χ3n) is 3.55. The summed E-state index contributed by atoms with van der Waals surface area (Å²) in [5, 5.41) is 3.28. The van der Waals surface area contributed by atoms with Crippen LogP contribution in [0.25, 0.3) is 0 Å². The molecule has 0 radical (unpaired) electrons. The minimum absolute atomic E-state index is 0.203. The van der Waals surface area contributed by atoms with Crippen LogP contribution in [0, 0.1) is 5.82 Å². The van der Waals surface area contributed by atoms with E-state index < -0.39 is 0 Å². The van der Waals surface area contributed by atoms with E-state index in [2.05, 4.69) is 10.3 Å². The molecule has 3 nitrogen and oxygen atoms in total. The molecular weight excluding hydrogens is 241 g/mol. The van der Waals surface area contributed by atoms with Crippen LogP contribution in [0.4, 0.5) is 4.39 Å². The van der Waals surface area contributed by atoms with Crippen molar-refractivity contribution in [1.29, 1.82) is 0 Å². The first-order valence-corrected chi connectivity index (χ1v) is 7.05. The van der Waals surface area contributed by atoms with Crippen molar-refractivity contribution in [3.8, 4) is 0 Å². The molecule has 2 rings (SSSR count). The smallest absolute Gasteiger partial charge is 0.188 e. The first-order chi connectivity index (χ1) is 9.24. The van der Waals surface area contributed by atoms with Crippen LogP contribution in [0.5, 0.6) is 0 Å². The summed E-state index contributed by atoms with van der Waals surface area (Å²) in [6.45, 7) is 0.636. The largest absolute Gasteiger partial charge is 0.370 e. The highest BCUT2D eigenvalue weighted by Gasteiger charge is 2.12. The summed E-state index contributed by atoms with van der Waals surface area (Å²) < 4.78 is 12.7. The Labute approximate surface area is 114 Å². The van der Waals surface area contributed by atoms with Gasteiger partial charge in [0.1, 0.15) is 5.82 Å². The van der Waals surface area contributed by atoms with Crippen molar-refractivity contribution in [2.75, 3.05) is 6.54 Å². The van der Waals surface area contributed by atoms with Crippen LogP contribution in [0.3, 0.4) is 0 Å². The molecule has 1 aromatic rings. The number of nitrogens with one attached hydrogen (secondary N) is 1. The maximum absolute atomic E-state index is 12.7. The van der Waals surface area contributed by atoms with Crippen molar-refractivity contribution >= 4 is 5.96 Å². The van der Waals surface area contributed by atoms with Crippen molar-refractivity contribution < 1.29 is 4.39 Å². The van der Waals surface area contributed by atoms with Crippen LogP contribution < -0.4 is 11.1 Å². The second-order valence-corrected chi connectivity index (χ2v) is 5.12. The van der Waals surface area contributed by atoms with Crippen LogP contribution in [0.1, 0.15) is 37.7 Å². The Morgan fingerprint density at radius 3 is 2.58 bits per heavy atom. The fourth-order valence-electron chi connectivity index (χ4n) is 2.46. The Bertz CT molecular complexity index is 408. The lowest BCUT2D eigenvalue weighted by Gasteiger charge is -2.23. The fourth-order valence-corrected chi connectivity index (χ4v) is 2.46. The highest BCUT2D eigenvalue weighted by molar-refractivity contribution is 5.78. The Balaban J connectivity index is 1.73. The summed E-state index contributed by atoms with van der Waals surface area (Å²) >= 11 is 0. The van der Waals surface area contributed by atoms with E-state index in [1.165, 1.54) is 44.2 Å². The van der Waals surface area contributed by atoms with Gasteiger partial charge in [-0.2, -0.15) is 0 Å². The third kappa shape index (κ3) is 4.89. The minimum Gasteiger partial charge on any atom is -0.370 e. The molecule has 1 aliphatic carbocycles. The van der Waals surface area contributed by atoms with Crippen LogP contribution in [-0.4, -0.2) is 18.5 Å². The number of hydrogen-bond acceptors (Lipinski definition) is 1. The van der Waals surface area contributed by atoms with Crippen molar-refractivity contribution in [2.24, 2.45) is 10.7 Å². The van der Waals surface area contributed by atoms with Crippen molar-refractivity contribution in [3.05, 3.63) is 35.6 Å². The molecule has 0 heterocycles. The van der Waals surface area contributed by atoms with E-state index in [4.69, 9.17) is 5.73 Å². The summed E-state index contributed by atoms with van der Waals surface area (Å²) in [6, 6.07) is 7.01. The van der Waals surface area contributed by atoms with E-state index in [9.17, 15) is 4.39 Å². The van der Waals surface area contributed by atoms with Crippen LogP contribution in [0.15, 0.2) is 29.3 Å². The van der Waals surface area contributed by atoms with Crippen molar-refractivity contribution in [1.82, 2.24) is 5.32 Å². The molecule has 0 unspecified atom stereocenters. The summed E-state index contributed by atoms with van der Waals surface area (Å²) in [6.07, 6.45) is 7.05. The number of nitrogens with zero attached hydrogens (tertiary/aromatic N) is 1. The third-order valence-corrected chi connectivity index (χ3v) is 3.55. The van der Waals surface area contributed by atoms with Gasteiger partial charge in [-0.15, -0.1) is 0 Å². The van der Waals surface area contributed by atoms with Gasteiger partial charge in [0.2, 0.25) is 0 Å². The lowest BCUT2D eigenvalue weighted by atomic mass is 9.96. The molecule has 0 atom stereocenters. The average molecular weight is 263 g/mol. The fraction of sp³-hybridized carbons (Fsp3) is 0.533. The van der Waals surface area contributed by atoms with Crippen LogP contribution >= 0.6 is 0 Å². The molecule has 0 bridgehead atoms. The molecule has 1 aliphatic rings. The Morgan fingerprint density at radius 1 is 1.21 bits per heavy atom. The average Bonchev–Trinajstić information content (AvgIpc) is 2.42. The number of hydrogen-bond donors (Lipinski definition) is 2. The molecular formula is C15H22FN3. The molecule has 1 aromatic carbocycles. The second-order valence-electron chi connectivity index (χ2n) is 5.12. The molecule has 1 saturated carbocycles. The summed E-state index contributed by atoms with van der Waals surface area (Å²) in [7, 11) is 0. The van der Waals surface area contributed by atoms with Gasteiger partial charge in [0, 0.05) is 12.6 Å². The first-order valence-electron chi connectivity index (χ1n) is 7.05. The predicted octanol–water partition coefficient (Wildman–Crippen LogP) is 2.61. The van der Waals surface area contributed by atoms with Gasteiger partial charge in [-0.1, -0.05) is 31.4 Å². The number of aliphatic imine (C=N–C) groups is 1. The molecule has 0 aliphatic heterocycles. The molecule has 0 spiro atoms. The maximum atomic E-state index is 12.7. The zero-order chi connectivity index (χ0) is 13.5. The molecule has 104 valence electrons. The van der Waals surface area contributed by atoms with Gasteiger partial charge in [0.15, 0.2) is 5.96 Å². The minimum atomic E-state index is -0.203. The summed E-state index contributed by atoms with van der Waals surface area (Å²) in [5.41, 5.74) is 6.95. The lowest BCUT2D eigenvalue weighted by molar-refractivity contribution is 0.412. The number of halogens is 1. The van der Waals surface area contributed by atoms with Gasteiger partial charge >= 0.3 is 0 Å². The van der Waals surface area contributed by atoms with E-state index in [1.807, 2.05) is 0 Å². The number of guanidine groups is 1. The Hall–Kier alpha value is -1.58. The van der Waals surface area contributed by atoms with Gasteiger partial charge < -0.3 is 11.1 Å². The Morgan fingerprint density at radius 2 is 1.89 bits per heavy atom. The molecule has 0 saturated heterocycles. The molecule has 0 aromatic heterocycles. The van der Waals surface area contributed by atoms with Crippen molar-refractivity contribution in [2.45, 2.75) is 44.6 Å². The topological polar surface area (TPSA) is 50.4 Å². The maximum Gasteiger partial charge on any atom is 0.188 e. The van der Waals surface area contributed by atoms with Crippen molar-refractivity contribution in [3.63, 3.8) is 0 Å². The SMILES string of the molecule is NC(=NCCc1ccc(F)cc1)NC1CCCCC1. The highest BCUT2D eigenvalue weighted by atomic mass is 19.1. The van der Waals surface area contributed by atoms with E-state index in [0.29, 0.717) is 18.5 Å². The van der Waals surface area contributed by atoms with Gasteiger partial charge in [-0.25, -0.2) is 4.39 Å². The quantitative estimate of drug-likeness (QED) is 0.648. The lowest BCUT2D eigenvalue weighted by Crippen LogP contribution is -2.41.